The first-order valence-corrected chi connectivity index (χ1v) is 13.5. The van der Waals surface area contributed by atoms with Gasteiger partial charge in [0.05, 0.1) is 17.5 Å². The van der Waals surface area contributed by atoms with Crippen LogP contribution in [0.4, 0.5) is 24.7 Å². The van der Waals surface area contributed by atoms with Crippen molar-refractivity contribution in [1.29, 1.82) is 0 Å². The molecule has 186 valence electrons. The third-order valence-corrected chi connectivity index (χ3v) is 8.71. The van der Waals surface area contributed by atoms with Crippen molar-refractivity contribution in [2.24, 2.45) is 0 Å². The van der Waals surface area contributed by atoms with Crippen molar-refractivity contribution < 1.29 is 13.2 Å². The van der Waals surface area contributed by atoms with Gasteiger partial charge in [-0.2, -0.15) is 13.2 Å². The van der Waals surface area contributed by atoms with Gasteiger partial charge >= 0.3 is 6.18 Å². The molecule has 2 aromatic heterocycles. The van der Waals surface area contributed by atoms with Gasteiger partial charge in [0.25, 0.3) is 0 Å². The quantitative estimate of drug-likeness (QED) is 0.471. The Bertz CT molecular complexity index is 1210. The molecule has 1 aliphatic carbocycles. The van der Waals surface area contributed by atoms with Crippen molar-refractivity contribution >= 4 is 33.1 Å². The molecule has 3 aromatic rings. The first kappa shape index (κ1) is 23.0. The number of likely N-dealkylation sites (tertiary alicyclic amines) is 1. The number of thiophene rings is 1. The molecule has 3 aliphatic rings. The second kappa shape index (κ2) is 9.24. The average Bonchev–Trinajstić information content (AvgIpc) is 3.45. The van der Waals surface area contributed by atoms with Crippen molar-refractivity contribution in [3.05, 3.63) is 46.1 Å². The number of benzene rings is 1. The molecule has 2 saturated heterocycles. The maximum Gasteiger partial charge on any atom is 0.416 e. The minimum absolute atomic E-state index is 0.592. The molecule has 0 N–H and O–H groups in total. The molecule has 0 atom stereocenters. The molecule has 0 amide bonds. The Morgan fingerprint density at radius 3 is 2.40 bits per heavy atom. The number of hydrogen-bond acceptors (Lipinski definition) is 6. The number of piperidine rings is 1. The van der Waals surface area contributed by atoms with Crippen LogP contribution >= 0.6 is 11.3 Å². The van der Waals surface area contributed by atoms with E-state index in [-0.39, 0.29) is 0 Å². The Kier molecular flexibility index (Phi) is 6.08. The predicted octanol–water partition coefficient (Wildman–Crippen LogP) is 5.51. The summed E-state index contributed by atoms with van der Waals surface area (Å²) in [6.45, 7) is 5.80. The van der Waals surface area contributed by atoms with Crippen LogP contribution in [-0.2, 0) is 25.6 Å². The number of fused-ring (bicyclic) bond motifs is 3. The summed E-state index contributed by atoms with van der Waals surface area (Å²) in [5.74, 6) is 1.93. The summed E-state index contributed by atoms with van der Waals surface area (Å²) in [6, 6.07) is 5.68. The third-order valence-electron chi connectivity index (χ3n) is 7.52. The number of alkyl halides is 3. The largest absolute Gasteiger partial charge is 0.416 e. The van der Waals surface area contributed by atoms with Crippen molar-refractivity contribution in [3.8, 4) is 0 Å². The molecular weight excluding hydrogens is 471 g/mol. The van der Waals surface area contributed by atoms with Crippen LogP contribution in [-0.4, -0.2) is 54.1 Å². The van der Waals surface area contributed by atoms with E-state index in [0.29, 0.717) is 18.8 Å². The number of anilines is 2. The van der Waals surface area contributed by atoms with Gasteiger partial charge in [-0.25, -0.2) is 9.97 Å². The van der Waals surface area contributed by atoms with Crippen LogP contribution in [0.1, 0.15) is 47.5 Å². The summed E-state index contributed by atoms with van der Waals surface area (Å²) in [5, 5.41) is 1.22. The number of nitrogens with zero attached hydrogens (tertiary/aromatic N) is 5. The van der Waals surface area contributed by atoms with E-state index in [4.69, 9.17) is 9.97 Å². The van der Waals surface area contributed by atoms with Gasteiger partial charge in [-0.3, -0.25) is 4.90 Å². The first-order chi connectivity index (χ1) is 17.0. The van der Waals surface area contributed by atoms with Gasteiger partial charge in [0.2, 0.25) is 0 Å². The van der Waals surface area contributed by atoms with E-state index in [1.165, 1.54) is 53.6 Å². The van der Waals surface area contributed by atoms with Gasteiger partial charge in [0.15, 0.2) is 0 Å². The first-order valence-electron chi connectivity index (χ1n) is 12.7. The van der Waals surface area contributed by atoms with Gasteiger partial charge in [0, 0.05) is 36.7 Å². The highest BCUT2D eigenvalue weighted by Gasteiger charge is 2.32. The molecule has 9 heteroatoms. The zero-order chi connectivity index (χ0) is 24.0. The summed E-state index contributed by atoms with van der Waals surface area (Å²) in [6.07, 6.45) is 2.85. The summed E-state index contributed by atoms with van der Waals surface area (Å²) in [7, 11) is 0. The monoisotopic (exact) mass is 501 g/mol. The normalized spacial score (nSPS) is 19.5. The molecule has 0 bridgehead atoms. The number of hydrogen-bond donors (Lipinski definition) is 0. The van der Waals surface area contributed by atoms with Gasteiger partial charge in [-0.05, 0) is 69.0 Å². The fraction of sp³-hybridized carbons (Fsp3) is 0.538. The van der Waals surface area contributed by atoms with Crippen molar-refractivity contribution in [1.82, 2.24) is 14.9 Å². The molecule has 0 radical (unpaired) electrons. The minimum Gasteiger partial charge on any atom is -0.368 e. The molecule has 35 heavy (non-hydrogen) atoms. The summed E-state index contributed by atoms with van der Waals surface area (Å²) >= 11 is 1.83. The van der Waals surface area contributed by atoms with Crippen LogP contribution in [0.3, 0.4) is 0 Å². The van der Waals surface area contributed by atoms with E-state index < -0.39 is 11.7 Å². The Morgan fingerprint density at radius 1 is 0.857 bits per heavy atom. The third kappa shape index (κ3) is 4.60. The standard InChI is InChI=1S/C26H30F3N5S/c27-26(28,29)18-6-4-7-19(16-18)33-12-14-34(15-13-33)24-23-20-8-5-9-21(20)35-25(23)31-22(30-24)17-32-10-2-1-3-11-32/h4,6-7,16H,1-3,5,8-15,17H2. The topological polar surface area (TPSA) is 35.5 Å². The Balaban J connectivity index is 1.27. The smallest absolute Gasteiger partial charge is 0.368 e. The fourth-order valence-electron chi connectivity index (χ4n) is 5.69. The van der Waals surface area contributed by atoms with E-state index in [0.717, 1.165) is 68.1 Å². The number of aromatic nitrogens is 2. The fourth-order valence-corrected chi connectivity index (χ4v) is 6.97. The van der Waals surface area contributed by atoms with Gasteiger partial charge in [-0.1, -0.05) is 12.5 Å². The molecule has 0 unspecified atom stereocenters. The molecule has 1 aromatic carbocycles. The maximum atomic E-state index is 13.2. The van der Waals surface area contributed by atoms with Crippen LogP contribution < -0.4 is 9.80 Å². The molecule has 2 aliphatic heterocycles. The molecule has 2 fully saturated rings. The zero-order valence-electron chi connectivity index (χ0n) is 19.8. The summed E-state index contributed by atoms with van der Waals surface area (Å²) in [4.78, 5) is 19.5. The predicted molar refractivity (Wildman–Crippen MR) is 134 cm³/mol. The Hall–Kier alpha value is -2.39. The number of halogens is 3. The molecule has 0 spiro atoms. The van der Waals surface area contributed by atoms with E-state index >= 15 is 0 Å². The van der Waals surface area contributed by atoms with Crippen LogP contribution in [0.15, 0.2) is 24.3 Å². The van der Waals surface area contributed by atoms with Gasteiger partial charge < -0.3 is 9.80 Å². The van der Waals surface area contributed by atoms with Crippen LogP contribution in [0.2, 0.25) is 0 Å². The minimum atomic E-state index is -4.32. The second-order valence-electron chi connectivity index (χ2n) is 9.86. The molecule has 0 saturated carbocycles. The molecule has 4 heterocycles. The SMILES string of the molecule is FC(F)(F)c1cccc(N2CCN(c3nc(CN4CCCCC4)nc4sc5c(c34)CCC5)CC2)c1. The summed E-state index contributed by atoms with van der Waals surface area (Å²) < 4.78 is 39.6. The molecule has 5 nitrogen and oxygen atoms in total. The van der Waals surface area contributed by atoms with E-state index in [9.17, 15) is 13.2 Å². The second-order valence-corrected chi connectivity index (χ2v) is 10.9. The van der Waals surface area contributed by atoms with Crippen molar-refractivity contribution in [2.75, 3.05) is 49.1 Å². The van der Waals surface area contributed by atoms with Crippen LogP contribution in [0, 0.1) is 0 Å². The van der Waals surface area contributed by atoms with E-state index in [1.807, 2.05) is 11.3 Å². The highest BCUT2D eigenvalue weighted by atomic mass is 32.1. The lowest BCUT2D eigenvalue weighted by Crippen LogP contribution is -2.47. The zero-order valence-corrected chi connectivity index (χ0v) is 20.6. The number of piperazine rings is 1. The number of aryl methyl sites for hydroxylation is 2. The van der Waals surface area contributed by atoms with E-state index in [1.54, 1.807) is 6.07 Å². The lowest BCUT2D eigenvalue weighted by molar-refractivity contribution is -0.137. The Morgan fingerprint density at radius 2 is 1.63 bits per heavy atom. The molecule has 6 rings (SSSR count). The highest BCUT2D eigenvalue weighted by molar-refractivity contribution is 7.19. The van der Waals surface area contributed by atoms with Gasteiger partial charge in [0.1, 0.15) is 16.5 Å². The van der Waals surface area contributed by atoms with E-state index in [2.05, 4.69) is 14.7 Å². The van der Waals surface area contributed by atoms with Crippen LogP contribution in [0.25, 0.3) is 10.2 Å². The highest BCUT2D eigenvalue weighted by Crippen LogP contribution is 2.41. The maximum absolute atomic E-state index is 13.2. The molecular formula is C26H30F3N5S. The number of rotatable bonds is 4. The van der Waals surface area contributed by atoms with Gasteiger partial charge in [-0.15, -0.1) is 11.3 Å². The Labute approximate surface area is 207 Å². The van der Waals surface area contributed by atoms with Crippen molar-refractivity contribution in [2.45, 2.75) is 51.2 Å². The average molecular weight is 502 g/mol. The lowest BCUT2D eigenvalue weighted by Gasteiger charge is -2.37. The van der Waals surface area contributed by atoms with Crippen molar-refractivity contribution in [3.63, 3.8) is 0 Å². The lowest BCUT2D eigenvalue weighted by atomic mass is 10.1. The van der Waals surface area contributed by atoms with Crippen LogP contribution in [0.5, 0.6) is 0 Å². The summed E-state index contributed by atoms with van der Waals surface area (Å²) in [5.41, 5.74) is 1.46.